The van der Waals surface area contributed by atoms with E-state index < -0.39 is 33.4 Å². The van der Waals surface area contributed by atoms with Crippen LogP contribution in [0.5, 0.6) is 0 Å². The molecule has 2 aromatic rings. The van der Waals surface area contributed by atoms with Crippen molar-refractivity contribution in [1.82, 2.24) is 19.5 Å². The maximum absolute atomic E-state index is 13.4. The second kappa shape index (κ2) is 10.2. The summed E-state index contributed by atoms with van der Waals surface area (Å²) in [5.41, 5.74) is -2.42. The summed E-state index contributed by atoms with van der Waals surface area (Å²) in [7, 11) is -4.18. The number of rotatable bonds is 6. The number of nitriles is 1. The molecule has 1 amide bonds. The van der Waals surface area contributed by atoms with Crippen LogP contribution >= 0.6 is 0 Å². The fourth-order valence-corrected chi connectivity index (χ4v) is 3.34. The summed E-state index contributed by atoms with van der Waals surface area (Å²) in [5, 5.41) is 15.6. The molecule has 0 aliphatic heterocycles. The van der Waals surface area contributed by atoms with Crippen molar-refractivity contribution in [2.75, 3.05) is 11.9 Å². The number of pyridine rings is 1. The summed E-state index contributed by atoms with van der Waals surface area (Å²) in [6, 6.07) is 3.72. The van der Waals surface area contributed by atoms with Gasteiger partial charge in [0.2, 0.25) is 5.91 Å². The van der Waals surface area contributed by atoms with Gasteiger partial charge in [-0.05, 0) is 17.5 Å². The summed E-state index contributed by atoms with van der Waals surface area (Å²) in [5.74, 6) is -1.09. The first-order chi connectivity index (χ1) is 14.2. The van der Waals surface area contributed by atoms with Gasteiger partial charge in [0.15, 0.2) is 11.5 Å². The number of hydrogen-bond acceptors (Lipinski definition) is 7. The summed E-state index contributed by atoms with van der Waals surface area (Å²) < 4.78 is 67.2. The van der Waals surface area contributed by atoms with Crippen molar-refractivity contribution in [1.29, 1.82) is 5.26 Å². The summed E-state index contributed by atoms with van der Waals surface area (Å²) in [4.78, 5) is 14.9. The van der Waals surface area contributed by atoms with Crippen LogP contribution in [-0.4, -0.2) is 65.2 Å². The van der Waals surface area contributed by atoms with E-state index in [0.717, 1.165) is 23.0 Å². The van der Waals surface area contributed by atoms with Crippen LogP contribution < -0.4 is 10.0 Å². The molecule has 0 aromatic carbocycles. The molecule has 0 spiro atoms. The van der Waals surface area contributed by atoms with Gasteiger partial charge in [0.1, 0.15) is 22.3 Å². The number of nitrogens with one attached hydrogen (secondary N) is 2. The molecule has 2 aromatic heterocycles. The zero-order valence-electron chi connectivity index (χ0n) is 18.2. The minimum atomic E-state index is -4.89. The number of sulfonamides is 1. The second-order valence-corrected chi connectivity index (χ2v) is 9.42. The normalized spacial score (nSPS) is 11.9. The Kier molecular flexibility index (Phi) is 8.89. The number of carbonyl (C=O) groups is 1. The van der Waals surface area contributed by atoms with Gasteiger partial charge < -0.3 is 5.32 Å². The van der Waals surface area contributed by atoms with E-state index in [0.29, 0.717) is 0 Å². The average Bonchev–Trinajstić information content (AvgIpc) is 3.04. The third-order valence-corrected chi connectivity index (χ3v) is 5.23. The molecule has 0 saturated heterocycles. The number of amides is 1. The standard InChI is InChI=1S/C18H21F3N6O3S.Na/c1-5-14(28)26-31(29,30)11-6-7-13(23-9-11)27-16(24-10-17(2,3)4)12(8-22)15(25-27)18(19,20)21;/h6-7,9,24H,5,10H2,1-4H3,(H,26,28);. The van der Waals surface area contributed by atoms with E-state index in [2.05, 4.69) is 15.4 Å². The van der Waals surface area contributed by atoms with Gasteiger partial charge in [-0.3, -0.25) is 4.79 Å². The number of alkyl halides is 3. The molecular weight excluding hydrogens is 460 g/mol. The molecule has 0 atom stereocenters. The molecule has 169 valence electrons. The fraction of sp³-hybridized carbons (Fsp3) is 0.444. The smallest absolute Gasteiger partial charge is 0.368 e. The first-order valence-electron chi connectivity index (χ1n) is 9.06. The van der Waals surface area contributed by atoms with E-state index in [1.54, 1.807) is 0 Å². The molecule has 1 radical (unpaired) electrons. The molecule has 2 N–H and O–H groups in total. The number of nitrogens with zero attached hydrogens (tertiary/aromatic N) is 4. The largest absolute Gasteiger partial charge is 0.436 e. The molecule has 32 heavy (non-hydrogen) atoms. The molecule has 9 nitrogen and oxygen atoms in total. The first kappa shape index (κ1) is 27.9. The minimum Gasteiger partial charge on any atom is -0.368 e. The van der Waals surface area contributed by atoms with Crippen LogP contribution in [0, 0.1) is 16.7 Å². The monoisotopic (exact) mass is 481 g/mol. The average molecular weight is 481 g/mol. The number of aromatic nitrogens is 3. The summed E-state index contributed by atoms with van der Waals surface area (Å²) >= 11 is 0. The Labute approximate surface area is 205 Å². The van der Waals surface area contributed by atoms with Gasteiger partial charge >= 0.3 is 6.18 Å². The van der Waals surface area contributed by atoms with Crippen molar-refractivity contribution in [3.63, 3.8) is 0 Å². The Balaban J connectivity index is 0.00000512. The third kappa shape index (κ3) is 6.68. The Morgan fingerprint density at radius 1 is 1.25 bits per heavy atom. The van der Waals surface area contributed by atoms with E-state index in [9.17, 15) is 31.6 Å². The van der Waals surface area contributed by atoms with Crippen molar-refractivity contribution >= 4 is 51.3 Å². The first-order valence-corrected chi connectivity index (χ1v) is 10.5. The van der Waals surface area contributed by atoms with E-state index in [-0.39, 0.29) is 64.5 Å². The van der Waals surface area contributed by atoms with Gasteiger partial charge in [-0.25, -0.2) is 18.1 Å². The predicted octanol–water partition coefficient (Wildman–Crippen LogP) is 2.45. The number of hydrogen-bond donors (Lipinski definition) is 2. The number of carbonyl (C=O) groups excluding carboxylic acids is 1. The Morgan fingerprint density at radius 2 is 1.88 bits per heavy atom. The van der Waals surface area contributed by atoms with Crippen LogP contribution in [0.1, 0.15) is 45.4 Å². The Bertz CT molecular complexity index is 1120. The van der Waals surface area contributed by atoms with Gasteiger partial charge in [0.05, 0.1) is 0 Å². The summed E-state index contributed by atoms with van der Waals surface area (Å²) in [6.45, 7) is 7.24. The number of anilines is 1. The van der Waals surface area contributed by atoms with Crippen molar-refractivity contribution < 1.29 is 26.4 Å². The van der Waals surface area contributed by atoms with Gasteiger partial charge in [0.25, 0.3) is 10.0 Å². The van der Waals surface area contributed by atoms with Gasteiger partial charge in [-0.15, -0.1) is 0 Å². The van der Waals surface area contributed by atoms with E-state index in [4.69, 9.17) is 0 Å². The van der Waals surface area contributed by atoms with Crippen LogP contribution in [0.25, 0.3) is 5.82 Å². The molecule has 0 saturated carbocycles. The van der Waals surface area contributed by atoms with Crippen LogP contribution in [0.15, 0.2) is 23.2 Å². The van der Waals surface area contributed by atoms with E-state index >= 15 is 0 Å². The summed E-state index contributed by atoms with van der Waals surface area (Å²) in [6.07, 6.45) is -4.06. The predicted molar refractivity (Wildman–Crippen MR) is 110 cm³/mol. The molecule has 0 aliphatic rings. The molecular formula is C18H21F3N6NaO3S. The molecule has 2 heterocycles. The van der Waals surface area contributed by atoms with E-state index in [1.807, 2.05) is 25.5 Å². The maximum Gasteiger partial charge on any atom is 0.436 e. The van der Waals surface area contributed by atoms with Gasteiger partial charge in [0, 0.05) is 48.7 Å². The zero-order chi connectivity index (χ0) is 23.6. The third-order valence-electron chi connectivity index (χ3n) is 3.87. The fourth-order valence-electron chi connectivity index (χ4n) is 2.34. The second-order valence-electron chi connectivity index (χ2n) is 7.74. The quantitative estimate of drug-likeness (QED) is 0.606. The van der Waals surface area contributed by atoms with Gasteiger partial charge in [-0.2, -0.15) is 28.2 Å². The Morgan fingerprint density at radius 3 is 2.31 bits per heavy atom. The van der Waals surface area contributed by atoms with E-state index in [1.165, 1.54) is 13.0 Å². The minimum absolute atomic E-state index is 0. The zero-order valence-corrected chi connectivity index (χ0v) is 21.0. The van der Waals surface area contributed by atoms with Crippen LogP contribution in [-0.2, 0) is 21.0 Å². The molecule has 0 bridgehead atoms. The van der Waals surface area contributed by atoms with Crippen LogP contribution in [0.3, 0.4) is 0 Å². The molecule has 2 rings (SSSR count). The molecule has 0 fully saturated rings. The van der Waals surface area contributed by atoms with Crippen molar-refractivity contribution in [2.45, 2.75) is 45.2 Å². The SMILES string of the molecule is CCC(=O)NS(=O)(=O)c1ccc(-n2nc(C(F)(F)F)c(C#N)c2NCC(C)(C)C)nc1.[Na]. The topological polar surface area (TPSA) is 130 Å². The van der Waals surface area contributed by atoms with Crippen molar-refractivity contribution in [3.05, 3.63) is 29.6 Å². The molecule has 14 heteroatoms. The van der Waals surface area contributed by atoms with Crippen molar-refractivity contribution in [2.24, 2.45) is 5.41 Å². The Hall–Kier alpha value is -2.14. The van der Waals surface area contributed by atoms with Gasteiger partial charge in [-0.1, -0.05) is 27.7 Å². The maximum atomic E-state index is 13.4. The molecule has 0 aliphatic carbocycles. The van der Waals surface area contributed by atoms with Crippen LogP contribution in [0.2, 0.25) is 0 Å². The van der Waals surface area contributed by atoms with Crippen molar-refractivity contribution in [3.8, 4) is 11.9 Å². The molecule has 0 unspecified atom stereocenters. The number of halogens is 3. The van der Waals surface area contributed by atoms with Crippen LogP contribution in [0.4, 0.5) is 19.0 Å².